The van der Waals surface area contributed by atoms with Gasteiger partial charge in [0.2, 0.25) is 11.8 Å². The summed E-state index contributed by atoms with van der Waals surface area (Å²) in [4.78, 5) is 22.4. The van der Waals surface area contributed by atoms with Crippen molar-refractivity contribution < 1.29 is 9.32 Å². The zero-order valence-electron chi connectivity index (χ0n) is 12.1. The first kappa shape index (κ1) is 13.7. The van der Waals surface area contributed by atoms with Crippen LogP contribution in [0.15, 0.2) is 17.2 Å². The summed E-state index contributed by atoms with van der Waals surface area (Å²) >= 11 is 0. The molecule has 0 unspecified atom stereocenters. The zero-order valence-corrected chi connectivity index (χ0v) is 12.1. The standard InChI is InChI=1S/C13H18N6O2/c1-9(2)13-16-12(17-21-13)10-4-3-5-19(10)11(20)6-18-8-14-7-15-18/h7-10H,3-6H2,1-2H3/t10-/m0/s1. The van der Waals surface area contributed by atoms with E-state index in [-0.39, 0.29) is 24.4 Å². The van der Waals surface area contributed by atoms with Crippen LogP contribution < -0.4 is 0 Å². The second kappa shape index (κ2) is 5.63. The zero-order chi connectivity index (χ0) is 14.8. The van der Waals surface area contributed by atoms with E-state index < -0.39 is 0 Å². The minimum absolute atomic E-state index is 0.00102. The molecule has 0 spiro atoms. The lowest BCUT2D eigenvalue weighted by Gasteiger charge is -2.22. The maximum atomic E-state index is 12.4. The number of hydrogen-bond acceptors (Lipinski definition) is 6. The van der Waals surface area contributed by atoms with Crippen molar-refractivity contribution in [1.82, 2.24) is 29.8 Å². The molecule has 0 N–H and O–H groups in total. The van der Waals surface area contributed by atoms with Gasteiger partial charge in [0, 0.05) is 12.5 Å². The summed E-state index contributed by atoms with van der Waals surface area (Å²) < 4.78 is 6.77. The van der Waals surface area contributed by atoms with Crippen LogP contribution in [-0.2, 0) is 11.3 Å². The van der Waals surface area contributed by atoms with Crippen LogP contribution in [0.5, 0.6) is 0 Å². The van der Waals surface area contributed by atoms with E-state index in [0.717, 1.165) is 12.8 Å². The highest BCUT2D eigenvalue weighted by molar-refractivity contribution is 5.76. The van der Waals surface area contributed by atoms with E-state index in [1.807, 2.05) is 13.8 Å². The molecular formula is C13H18N6O2. The van der Waals surface area contributed by atoms with Gasteiger partial charge in [-0.15, -0.1) is 0 Å². The summed E-state index contributed by atoms with van der Waals surface area (Å²) in [6, 6.07) is -0.0997. The van der Waals surface area contributed by atoms with Crippen molar-refractivity contribution in [2.24, 2.45) is 0 Å². The SMILES string of the molecule is CC(C)c1nc([C@@H]2CCCN2C(=O)Cn2cncn2)no1. The molecule has 0 bridgehead atoms. The van der Waals surface area contributed by atoms with Gasteiger partial charge in [-0.1, -0.05) is 19.0 Å². The third-order valence-electron chi connectivity index (χ3n) is 3.59. The van der Waals surface area contributed by atoms with Crippen LogP contribution in [0.25, 0.3) is 0 Å². The molecule has 1 aliphatic rings. The fourth-order valence-electron chi connectivity index (χ4n) is 2.49. The van der Waals surface area contributed by atoms with Gasteiger partial charge < -0.3 is 9.42 Å². The second-order valence-electron chi connectivity index (χ2n) is 5.48. The number of amides is 1. The fourth-order valence-corrected chi connectivity index (χ4v) is 2.49. The first-order valence-electron chi connectivity index (χ1n) is 7.10. The quantitative estimate of drug-likeness (QED) is 0.839. The Bertz CT molecular complexity index is 606. The Morgan fingerprint density at radius 2 is 2.38 bits per heavy atom. The molecule has 8 nitrogen and oxygen atoms in total. The Hall–Kier alpha value is -2.25. The molecule has 8 heteroatoms. The van der Waals surface area contributed by atoms with Crippen LogP contribution in [0.2, 0.25) is 0 Å². The Labute approximate surface area is 122 Å². The highest BCUT2D eigenvalue weighted by Crippen LogP contribution is 2.31. The second-order valence-corrected chi connectivity index (χ2v) is 5.48. The van der Waals surface area contributed by atoms with Crippen LogP contribution in [-0.4, -0.2) is 42.3 Å². The van der Waals surface area contributed by atoms with Crippen LogP contribution in [0, 0.1) is 0 Å². The molecule has 0 aromatic carbocycles. The van der Waals surface area contributed by atoms with Crippen molar-refractivity contribution in [3.8, 4) is 0 Å². The topological polar surface area (TPSA) is 89.9 Å². The van der Waals surface area contributed by atoms with E-state index in [0.29, 0.717) is 18.3 Å². The van der Waals surface area contributed by atoms with Crippen LogP contribution in [0.3, 0.4) is 0 Å². The number of nitrogens with zero attached hydrogens (tertiary/aromatic N) is 6. The molecule has 3 rings (SSSR count). The minimum Gasteiger partial charge on any atom is -0.339 e. The van der Waals surface area contributed by atoms with Crippen LogP contribution in [0.4, 0.5) is 0 Å². The predicted octanol–water partition coefficient (Wildman–Crippen LogP) is 1.15. The van der Waals surface area contributed by atoms with Gasteiger partial charge in [0.25, 0.3) is 0 Å². The van der Waals surface area contributed by atoms with E-state index in [4.69, 9.17) is 4.52 Å². The summed E-state index contributed by atoms with van der Waals surface area (Å²) in [6.45, 7) is 4.90. The monoisotopic (exact) mass is 290 g/mol. The molecule has 0 aliphatic carbocycles. The lowest BCUT2D eigenvalue weighted by Crippen LogP contribution is -2.34. The molecule has 2 aromatic heterocycles. The van der Waals surface area contributed by atoms with Crippen molar-refractivity contribution in [3.05, 3.63) is 24.4 Å². The Morgan fingerprint density at radius 3 is 3.05 bits per heavy atom. The summed E-state index contributed by atoms with van der Waals surface area (Å²) in [5, 5.41) is 8.00. The van der Waals surface area contributed by atoms with Crippen LogP contribution >= 0.6 is 0 Å². The minimum atomic E-state index is -0.0997. The number of likely N-dealkylation sites (tertiary alicyclic amines) is 1. The molecule has 0 radical (unpaired) electrons. The molecule has 112 valence electrons. The molecule has 3 heterocycles. The average Bonchev–Trinajstić information content (AvgIpc) is 3.19. The summed E-state index contributed by atoms with van der Waals surface area (Å²) in [5.74, 6) is 1.40. The van der Waals surface area contributed by atoms with E-state index in [1.165, 1.54) is 17.3 Å². The molecule has 2 aromatic rings. The van der Waals surface area contributed by atoms with E-state index in [9.17, 15) is 4.79 Å². The smallest absolute Gasteiger partial charge is 0.244 e. The third kappa shape index (κ3) is 2.79. The van der Waals surface area contributed by atoms with Crippen molar-refractivity contribution in [3.63, 3.8) is 0 Å². The van der Waals surface area contributed by atoms with Gasteiger partial charge in [-0.2, -0.15) is 10.1 Å². The van der Waals surface area contributed by atoms with Crippen molar-refractivity contribution >= 4 is 5.91 Å². The third-order valence-corrected chi connectivity index (χ3v) is 3.59. The average molecular weight is 290 g/mol. The predicted molar refractivity (Wildman–Crippen MR) is 72.1 cm³/mol. The van der Waals surface area contributed by atoms with Gasteiger partial charge in [0.1, 0.15) is 19.2 Å². The fraction of sp³-hybridized carbons (Fsp3) is 0.615. The number of hydrogen-bond donors (Lipinski definition) is 0. The first-order valence-corrected chi connectivity index (χ1v) is 7.10. The van der Waals surface area contributed by atoms with Gasteiger partial charge in [-0.05, 0) is 12.8 Å². The molecule has 1 saturated heterocycles. The van der Waals surface area contributed by atoms with Crippen molar-refractivity contribution in [1.29, 1.82) is 0 Å². The normalized spacial score (nSPS) is 18.6. The maximum absolute atomic E-state index is 12.4. The van der Waals surface area contributed by atoms with E-state index >= 15 is 0 Å². The largest absolute Gasteiger partial charge is 0.339 e. The summed E-state index contributed by atoms with van der Waals surface area (Å²) in [6.07, 6.45) is 4.76. The summed E-state index contributed by atoms with van der Waals surface area (Å²) in [7, 11) is 0. The van der Waals surface area contributed by atoms with Gasteiger partial charge in [-0.25, -0.2) is 9.67 Å². The Morgan fingerprint density at radius 1 is 1.52 bits per heavy atom. The van der Waals surface area contributed by atoms with Crippen LogP contribution in [0.1, 0.15) is 50.4 Å². The van der Waals surface area contributed by atoms with Crippen molar-refractivity contribution in [2.45, 2.75) is 45.2 Å². The highest BCUT2D eigenvalue weighted by Gasteiger charge is 2.33. The molecule has 1 amide bonds. The molecule has 1 atom stereocenters. The highest BCUT2D eigenvalue weighted by atomic mass is 16.5. The maximum Gasteiger partial charge on any atom is 0.244 e. The number of carbonyl (C=O) groups excluding carboxylic acids is 1. The van der Waals surface area contributed by atoms with E-state index in [2.05, 4.69) is 20.2 Å². The molecule has 1 aliphatic heterocycles. The van der Waals surface area contributed by atoms with Gasteiger partial charge in [-0.3, -0.25) is 4.79 Å². The van der Waals surface area contributed by atoms with Gasteiger partial charge >= 0.3 is 0 Å². The first-order chi connectivity index (χ1) is 10.1. The number of rotatable bonds is 4. The lowest BCUT2D eigenvalue weighted by atomic mass is 10.2. The molecule has 0 saturated carbocycles. The van der Waals surface area contributed by atoms with E-state index in [1.54, 1.807) is 4.90 Å². The molecule has 1 fully saturated rings. The number of aromatic nitrogens is 5. The Balaban J connectivity index is 1.73. The van der Waals surface area contributed by atoms with Gasteiger partial charge in [0.15, 0.2) is 5.82 Å². The number of carbonyl (C=O) groups is 1. The molecular weight excluding hydrogens is 272 g/mol. The Kier molecular flexibility index (Phi) is 3.68. The van der Waals surface area contributed by atoms with Gasteiger partial charge in [0.05, 0.1) is 6.04 Å². The lowest BCUT2D eigenvalue weighted by molar-refractivity contribution is -0.133. The molecule has 21 heavy (non-hydrogen) atoms. The summed E-state index contributed by atoms with van der Waals surface area (Å²) in [5.41, 5.74) is 0. The van der Waals surface area contributed by atoms with Crippen molar-refractivity contribution in [2.75, 3.05) is 6.54 Å².